The highest BCUT2D eigenvalue weighted by molar-refractivity contribution is 7.93. The Morgan fingerprint density at radius 3 is 2.42 bits per heavy atom. The van der Waals surface area contributed by atoms with Crippen molar-refractivity contribution in [1.82, 2.24) is 0 Å². The molecule has 1 aliphatic rings. The highest BCUT2D eigenvalue weighted by Crippen LogP contribution is 2.35. The molecule has 0 spiro atoms. The Labute approximate surface area is 72.2 Å². The summed E-state index contributed by atoms with van der Waals surface area (Å²) >= 11 is 0. The largest absolute Gasteiger partial charge is 0.228 e. The fourth-order valence-corrected chi connectivity index (χ4v) is 3.54. The second kappa shape index (κ2) is 2.80. The lowest BCUT2D eigenvalue weighted by molar-refractivity contribution is 0.509. The van der Waals surface area contributed by atoms with Gasteiger partial charge in [0.2, 0.25) is 0 Å². The van der Waals surface area contributed by atoms with E-state index in [0.29, 0.717) is 12.8 Å². The van der Waals surface area contributed by atoms with Crippen molar-refractivity contribution in [3.63, 3.8) is 0 Å². The van der Waals surface area contributed by atoms with Crippen molar-refractivity contribution < 1.29 is 8.42 Å². The Kier molecular flexibility index (Phi) is 2.25. The third kappa shape index (κ3) is 1.26. The van der Waals surface area contributed by atoms with Crippen LogP contribution >= 0.6 is 0 Å². The molecule has 1 saturated heterocycles. The third-order valence-electron chi connectivity index (χ3n) is 2.73. The summed E-state index contributed by atoms with van der Waals surface area (Å²) in [5, 5.41) is 2.80. The van der Waals surface area contributed by atoms with E-state index >= 15 is 0 Å². The molecule has 5 heteroatoms. The van der Waals surface area contributed by atoms with Gasteiger partial charge >= 0.3 is 0 Å². The number of nitroso groups, excluding NO2 is 1. The zero-order chi connectivity index (χ0) is 9.41. The molecular weight excluding hydrogens is 178 g/mol. The summed E-state index contributed by atoms with van der Waals surface area (Å²) in [6.45, 7) is 3.51. The van der Waals surface area contributed by atoms with Crippen molar-refractivity contribution in [2.45, 2.75) is 37.5 Å². The van der Waals surface area contributed by atoms with Crippen molar-refractivity contribution in [3.8, 4) is 0 Å². The number of rotatable bonds is 2. The lowest BCUT2D eigenvalue weighted by Gasteiger charge is -2.19. The maximum atomic E-state index is 11.5. The quantitative estimate of drug-likeness (QED) is 0.614. The van der Waals surface area contributed by atoms with Crippen molar-refractivity contribution in [3.05, 3.63) is 4.91 Å². The van der Waals surface area contributed by atoms with E-state index in [9.17, 15) is 13.3 Å². The highest BCUT2D eigenvalue weighted by atomic mass is 32.2. The zero-order valence-electron chi connectivity index (χ0n) is 7.28. The van der Waals surface area contributed by atoms with Gasteiger partial charge in [0.1, 0.15) is 6.04 Å². The lowest BCUT2D eigenvalue weighted by Crippen LogP contribution is -2.29. The normalized spacial score (nSPS) is 39.7. The molecule has 1 unspecified atom stereocenters. The first-order chi connectivity index (χ1) is 5.45. The Hall–Kier alpha value is -0.450. The van der Waals surface area contributed by atoms with Gasteiger partial charge in [0.05, 0.1) is 10.5 Å². The van der Waals surface area contributed by atoms with Gasteiger partial charge in [-0.2, -0.15) is 4.91 Å². The van der Waals surface area contributed by atoms with E-state index in [1.807, 2.05) is 6.92 Å². The molecule has 1 aliphatic heterocycles. The first-order valence-electron chi connectivity index (χ1n) is 4.00. The van der Waals surface area contributed by atoms with Crippen LogP contribution in [-0.4, -0.2) is 25.0 Å². The van der Waals surface area contributed by atoms with E-state index in [1.165, 1.54) is 0 Å². The van der Waals surface area contributed by atoms with Crippen LogP contribution in [0.3, 0.4) is 0 Å². The standard InChI is InChI=1S/C7H13NO3S/c1-3-7(2)4-6(8-9)5-12(7,10)11/h6H,3-5H2,1-2H3/t6?,7-/m1/s1. The lowest BCUT2D eigenvalue weighted by atomic mass is 10.0. The summed E-state index contributed by atoms with van der Waals surface area (Å²) < 4.78 is 22.3. The average molecular weight is 191 g/mol. The van der Waals surface area contributed by atoms with E-state index in [-0.39, 0.29) is 5.75 Å². The smallest absolute Gasteiger partial charge is 0.158 e. The molecule has 0 bridgehead atoms. The molecule has 0 aliphatic carbocycles. The fraction of sp³-hybridized carbons (Fsp3) is 1.00. The molecule has 1 heterocycles. The fourth-order valence-electron chi connectivity index (χ4n) is 1.57. The summed E-state index contributed by atoms with van der Waals surface area (Å²) in [5.74, 6) is -0.0686. The first-order valence-corrected chi connectivity index (χ1v) is 5.65. The van der Waals surface area contributed by atoms with Gasteiger partial charge in [0, 0.05) is 0 Å². The van der Waals surface area contributed by atoms with Gasteiger partial charge in [-0.05, 0) is 19.8 Å². The first kappa shape index (κ1) is 9.64. The molecule has 4 nitrogen and oxygen atoms in total. The molecule has 0 N–H and O–H groups in total. The van der Waals surface area contributed by atoms with E-state index in [2.05, 4.69) is 5.18 Å². The monoisotopic (exact) mass is 191 g/mol. The van der Waals surface area contributed by atoms with E-state index in [1.54, 1.807) is 6.92 Å². The minimum atomic E-state index is -3.09. The minimum absolute atomic E-state index is 0.0686. The van der Waals surface area contributed by atoms with Crippen LogP contribution in [0.1, 0.15) is 26.7 Å². The number of nitrogens with zero attached hydrogens (tertiary/aromatic N) is 1. The molecule has 1 fully saturated rings. The van der Waals surface area contributed by atoms with Gasteiger partial charge in [0.25, 0.3) is 0 Å². The van der Waals surface area contributed by atoms with Gasteiger partial charge < -0.3 is 0 Å². The van der Waals surface area contributed by atoms with Gasteiger partial charge in [-0.15, -0.1) is 0 Å². The molecule has 1 rings (SSSR count). The minimum Gasteiger partial charge on any atom is -0.228 e. The van der Waals surface area contributed by atoms with Crippen molar-refractivity contribution >= 4 is 9.84 Å². The molecule has 12 heavy (non-hydrogen) atoms. The summed E-state index contributed by atoms with van der Waals surface area (Å²) in [6.07, 6.45) is 0.941. The Balaban J connectivity index is 2.99. The third-order valence-corrected chi connectivity index (χ3v) is 5.51. The summed E-state index contributed by atoms with van der Waals surface area (Å²) in [4.78, 5) is 10.2. The molecule has 0 aromatic carbocycles. The maximum Gasteiger partial charge on any atom is 0.158 e. The Morgan fingerprint density at radius 2 is 2.17 bits per heavy atom. The molecule has 0 amide bonds. The van der Waals surface area contributed by atoms with Crippen LogP contribution in [0.5, 0.6) is 0 Å². The number of hydrogen-bond donors (Lipinski definition) is 0. The van der Waals surface area contributed by atoms with Crippen molar-refractivity contribution in [2.24, 2.45) is 5.18 Å². The predicted molar refractivity (Wildman–Crippen MR) is 46.7 cm³/mol. The second-order valence-corrected chi connectivity index (χ2v) is 6.10. The van der Waals surface area contributed by atoms with E-state index < -0.39 is 20.6 Å². The van der Waals surface area contributed by atoms with Crippen LogP contribution in [0, 0.1) is 4.91 Å². The van der Waals surface area contributed by atoms with Crippen LogP contribution in [0.15, 0.2) is 5.18 Å². The van der Waals surface area contributed by atoms with Crippen molar-refractivity contribution in [2.75, 3.05) is 5.75 Å². The molecular formula is C7H13NO3S. The topological polar surface area (TPSA) is 63.6 Å². The molecule has 0 aromatic rings. The maximum absolute atomic E-state index is 11.5. The highest BCUT2D eigenvalue weighted by Gasteiger charge is 2.47. The summed E-state index contributed by atoms with van der Waals surface area (Å²) in [6, 6.07) is -0.528. The van der Waals surface area contributed by atoms with Gasteiger partial charge in [-0.1, -0.05) is 12.1 Å². The van der Waals surface area contributed by atoms with Crippen molar-refractivity contribution in [1.29, 1.82) is 0 Å². The van der Waals surface area contributed by atoms with Crippen LogP contribution in [0.2, 0.25) is 0 Å². The number of hydrogen-bond acceptors (Lipinski definition) is 4. The zero-order valence-corrected chi connectivity index (χ0v) is 8.10. The summed E-state index contributed by atoms with van der Waals surface area (Å²) in [7, 11) is -3.09. The Morgan fingerprint density at radius 1 is 1.58 bits per heavy atom. The molecule has 0 saturated carbocycles. The summed E-state index contributed by atoms with van der Waals surface area (Å²) in [5.41, 5.74) is 0. The van der Waals surface area contributed by atoms with Crippen LogP contribution in [0.4, 0.5) is 0 Å². The molecule has 2 atom stereocenters. The molecule has 0 radical (unpaired) electrons. The van der Waals surface area contributed by atoms with Gasteiger partial charge in [0.15, 0.2) is 9.84 Å². The molecule has 70 valence electrons. The SMILES string of the molecule is CC[C@]1(C)CC(N=O)CS1(=O)=O. The average Bonchev–Trinajstić information content (AvgIpc) is 2.24. The van der Waals surface area contributed by atoms with Crippen LogP contribution < -0.4 is 0 Å². The van der Waals surface area contributed by atoms with Crippen LogP contribution in [-0.2, 0) is 9.84 Å². The second-order valence-electron chi connectivity index (χ2n) is 3.55. The van der Waals surface area contributed by atoms with Crippen LogP contribution in [0.25, 0.3) is 0 Å². The number of sulfone groups is 1. The molecule has 0 aromatic heterocycles. The predicted octanol–water partition coefficient (Wildman–Crippen LogP) is 1.11. The Bertz CT molecular complexity index is 285. The van der Waals surface area contributed by atoms with Gasteiger partial charge in [-0.25, -0.2) is 8.42 Å². The van der Waals surface area contributed by atoms with Gasteiger partial charge in [-0.3, -0.25) is 0 Å². The van der Waals surface area contributed by atoms with E-state index in [4.69, 9.17) is 0 Å². The van der Waals surface area contributed by atoms with E-state index in [0.717, 1.165) is 0 Å².